The Bertz CT molecular complexity index is 481. The molecule has 2 aliphatic heterocycles. The van der Waals surface area contributed by atoms with E-state index in [2.05, 4.69) is 5.32 Å². The Morgan fingerprint density at radius 2 is 2.14 bits per heavy atom. The first-order valence-electron chi connectivity index (χ1n) is 6.83. The molecule has 21 heavy (non-hydrogen) atoms. The Kier molecular flexibility index (Phi) is 4.21. The molecule has 2 fully saturated rings. The van der Waals surface area contributed by atoms with Crippen molar-refractivity contribution in [1.29, 1.82) is 0 Å². The maximum Gasteiger partial charge on any atom is 0.249 e. The lowest BCUT2D eigenvalue weighted by Crippen LogP contribution is -2.72. The number of hydrogen-bond donors (Lipinski definition) is 1. The van der Waals surface area contributed by atoms with Gasteiger partial charge >= 0.3 is 0 Å². The van der Waals surface area contributed by atoms with Crippen molar-refractivity contribution in [1.82, 2.24) is 10.2 Å². The van der Waals surface area contributed by atoms with Gasteiger partial charge in [0, 0.05) is 11.4 Å². The molecular formula is C13H19N2O5S-. The van der Waals surface area contributed by atoms with Gasteiger partial charge in [-0.1, -0.05) is 0 Å². The number of ether oxygens (including phenoxy) is 1. The van der Waals surface area contributed by atoms with Gasteiger partial charge in [-0.05, 0) is 27.7 Å². The van der Waals surface area contributed by atoms with Crippen molar-refractivity contribution >= 4 is 29.5 Å². The quantitative estimate of drug-likeness (QED) is 0.634. The second kappa shape index (κ2) is 5.49. The zero-order valence-corrected chi connectivity index (χ0v) is 13.2. The third kappa shape index (κ3) is 2.62. The van der Waals surface area contributed by atoms with E-state index in [9.17, 15) is 19.5 Å². The standard InChI is InChI=1S/C13H20N2O5S/c1-5-20-6(2)9(16)14-7-10(17)15-8(12(18)19)13(3,4)21-11(7)15/h6-8,11H,5H2,1-4H3,(H,14,16)(H,18,19)/p-1/t6-,7+,8+,11+/m0/s1. The second-order valence-corrected chi connectivity index (χ2v) is 7.43. The number of thioether (sulfide) groups is 1. The van der Waals surface area contributed by atoms with Crippen LogP contribution in [0.4, 0.5) is 0 Å². The minimum atomic E-state index is -1.27. The SMILES string of the molecule is CCO[C@@H](C)C(=O)N[C@@H]1C(=O)N2[C@@H]1SC(C)(C)[C@H]2C(=O)[O-]. The molecule has 0 spiro atoms. The van der Waals surface area contributed by atoms with E-state index in [4.69, 9.17) is 4.74 Å². The van der Waals surface area contributed by atoms with E-state index in [1.165, 1.54) is 16.7 Å². The zero-order valence-electron chi connectivity index (χ0n) is 12.4. The highest BCUT2D eigenvalue weighted by Gasteiger charge is 2.62. The molecule has 0 saturated carbocycles. The van der Waals surface area contributed by atoms with Gasteiger partial charge in [-0.2, -0.15) is 0 Å². The molecule has 2 heterocycles. The highest BCUT2D eigenvalue weighted by molar-refractivity contribution is 8.01. The van der Waals surface area contributed by atoms with Crippen LogP contribution in [-0.2, 0) is 19.1 Å². The summed E-state index contributed by atoms with van der Waals surface area (Å²) in [4.78, 5) is 36.6. The van der Waals surface area contributed by atoms with E-state index in [-0.39, 0.29) is 17.2 Å². The molecule has 0 radical (unpaired) electrons. The molecule has 8 heteroatoms. The van der Waals surface area contributed by atoms with Crippen LogP contribution >= 0.6 is 11.8 Å². The molecular weight excluding hydrogens is 296 g/mol. The number of amides is 2. The van der Waals surface area contributed by atoms with Crippen LogP contribution in [0.25, 0.3) is 0 Å². The number of carboxylic acid groups (broad SMARTS) is 1. The van der Waals surface area contributed by atoms with Crippen LogP contribution in [0, 0.1) is 0 Å². The average molecular weight is 315 g/mol. The fourth-order valence-electron chi connectivity index (χ4n) is 2.72. The van der Waals surface area contributed by atoms with E-state index >= 15 is 0 Å². The van der Waals surface area contributed by atoms with Crippen molar-refractivity contribution in [2.45, 2.75) is 56.0 Å². The van der Waals surface area contributed by atoms with E-state index in [0.717, 1.165) is 0 Å². The summed E-state index contributed by atoms with van der Waals surface area (Å²) in [5.74, 6) is -2.02. The average Bonchev–Trinajstić information content (AvgIpc) is 2.64. The highest BCUT2D eigenvalue weighted by Crippen LogP contribution is 2.50. The summed E-state index contributed by atoms with van der Waals surface area (Å²) in [7, 11) is 0. The number of carbonyl (C=O) groups is 3. The van der Waals surface area contributed by atoms with Gasteiger partial charge in [-0.25, -0.2) is 0 Å². The summed E-state index contributed by atoms with van der Waals surface area (Å²) < 4.78 is 4.52. The molecule has 0 unspecified atom stereocenters. The Morgan fingerprint density at radius 3 is 2.67 bits per heavy atom. The Balaban J connectivity index is 2.06. The predicted octanol–water partition coefficient (Wildman–Crippen LogP) is -1.29. The largest absolute Gasteiger partial charge is 0.548 e. The lowest BCUT2D eigenvalue weighted by molar-refractivity contribution is -0.312. The molecule has 118 valence electrons. The Labute approximate surface area is 127 Å². The van der Waals surface area contributed by atoms with E-state index in [1.807, 2.05) is 0 Å². The number of nitrogens with one attached hydrogen (secondary N) is 1. The van der Waals surface area contributed by atoms with Crippen LogP contribution in [0.15, 0.2) is 0 Å². The van der Waals surface area contributed by atoms with Crippen LogP contribution in [0.5, 0.6) is 0 Å². The molecule has 2 rings (SSSR count). The lowest BCUT2D eigenvalue weighted by Gasteiger charge is -2.45. The summed E-state index contributed by atoms with van der Waals surface area (Å²) in [5, 5.41) is 13.5. The molecule has 0 aromatic carbocycles. The minimum Gasteiger partial charge on any atom is -0.548 e. The molecule has 0 aromatic rings. The molecule has 4 atom stereocenters. The first-order valence-corrected chi connectivity index (χ1v) is 7.71. The number of fused-ring (bicyclic) bond motifs is 1. The van der Waals surface area contributed by atoms with E-state index in [1.54, 1.807) is 27.7 Å². The Morgan fingerprint density at radius 1 is 1.52 bits per heavy atom. The third-order valence-electron chi connectivity index (χ3n) is 3.75. The number of nitrogens with zero attached hydrogens (tertiary/aromatic N) is 1. The predicted molar refractivity (Wildman–Crippen MR) is 74.1 cm³/mol. The topological polar surface area (TPSA) is 98.8 Å². The van der Waals surface area contributed by atoms with Crippen LogP contribution in [0.2, 0.25) is 0 Å². The zero-order chi connectivity index (χ0) is 15.9. The van der Waals surface area contributed by atoms with Crippen LogP contribution in [-0.4, -0.2) is 57.6 Å². The first kappa shape index (κ1) is 16.1. The van der Waals surface area contributed by atoms with Gasteiger partial charge in [0.05, 0.1) is 12.0 Å². The van der Waals surface area contributed by atoms with Gasteiger partial charge in [-0.15, -0.1) is 11.8 Å². The summed E-state index contributed by atoms with van der Waals surface area (Å²) in [6, 6.07) is -1.67. The van der Waals surface area contributed by atoms with Crippen LogP contribution < -0.4 is 10.4 Å². The highest BCUT2D eigenvalue weighted by atomic mass is 32.2. The van der Waals surface area contributed by atoms with E-state index < -0.39 is 28.9 Å². The number of carbonyl (C=O) groups excluding carboxylic acids is 3. The fraction of sp³-hybridized carbons (Fsp3) is 0.769. The number of aliphatic carboxylic acids is 1. The second-order valence-electron chi connectivity index (χ2n) is 5.66. The van der Waals surface area contributed by atoms with Crippen LogP contribution in [0.1, 0.15) is 27.7 Å². The van der Waals surface area contributed by atoms with Gasteiger partial charge in [0.1, 0.15) is 17.5 Å². The third-order valence-corrected chi connectivity index (χ3v) is 5.32. The number of hydrogen-bond acceptors (Lipinski definition) is 6. The van der Waals surface area contributed by atoms with E-state index in [0.29, 0.717) is 6.61 Å². The maximum atomic E-state index is 12.1. The molecule has 0 bridgehead atoms. The van der Waals surface area contributed by atoms with Gasteiger partial charge in [-0.3, -0.25) is 9.59 Å². The molecule has 0 aliphatic carbocycles. The van der Waals surface area contributed by atoms with Gasteiger partial charge in [0.15, 0.2) is 0 Å². The molecule has 2 saturated heterocycles. The Hall–Kier alpha value is -1.28. The van der Waals surface area contributed by atoms with Crippen molar-refractivity contribution in [2.75, 3.05) is 6.61 Å². The van der Waals surface area contributed by atoms with Crippen molar-refractivity contribution < 1.29 is 24.2 Å². The maximum absolute atomic E-state index is 12.1. The number of rotatable bonds is 5. The minimum absolute atomic E-state index is 0.367. The van der Waals surface area contributed by atoms with Gasteiger partial charge in [0.2, 0.25) is 11.8 Å². The molecule has 2 aliphatic rings. The summed E-state index contributed by atoms with van der Waals surface area (Å²) in [5.41, 5.74) is 0. The summed E-state index contributed by atoms with van der Waals surface area (Å²) >= 11 is 1.36. The number of carboxylic acids is 1. The fourth-order valence-corrected chi connectivity index (χ4v) is 4.34. The van der Waals surface area contributed by atoms with Crippen molar-refractivity contribution in [3.05, 3.63) is 0 Å². The normalized spacial score (nSPS) is 31.3. The van der Waals surface area contributed by atoms with Crippen LogP contribution in [0.3, 0.4) is 0 Å². The molecule has 1 N–H and O–H groups in total. The summed E-state index contributed by atoms with van der Waals surface area (Å²) in [6.07, 6.45) is -0.645. The number of β-lactam (4-membered cyclic amide) rings is 1. The monoisotopic (exact) mass is 315 g/mol. The molecule has 2 amide bonds. The lowest BCUT2D eigenvalue weighted by atomic mass is 9.96. The first-order chi connectivity index (χ1) is 9.70. The smallest absolute Gasteiger partial charge is 0.249 e. The summed E-state index contributed by atoms with van der Waals surface area (Å²) in [6.45, 7) is 7.30. The van der Waals surface area contributed by atoms with Gasteiger partial charge < -0.3 is 24.9 Å². The van der Waals surface area contributed by atoms with Crippen molar-refractivity contribution in [3.63, 3.8) is 0 Å². The van der Waals surface area contributed by atoms with Crippen molar-refractivity contribution in [2.24, 2.45) is 0 Å². The van der Waals surface area contributed by atoms with Gasteiger partial charge in [0.25, 0.3) is 0 Å². The molecule has 7 nitrogen and oxygen atoms in total. The molecule has 0 aromatic heterocycles. The van der Waals surface area contributed by atoms with Crippen molar-refractivity contribution in [3.8, 4) is 0 Å².